The van der Waals surface area contributed by atoms with Crippen molar-refractivity contribution in [3.8, 4) is 0 Å². The highest BCUT2D eigenvalue weighted by molar-refractivity contribution is 6.07. The van der Waals surface area contributed by atoms with Crippen LogP contribution >= 0.6 is 0 Å². The van der Waals surface area contributed by atoms with E-state index in [1.165, 1.54) is 0 Å². The predicted octanol–water partition coefficient (Wildman–Crippen LogP) is 2.28. The molecule has 3 aliphatic heterocycles. The van der Waals surface area contributed by atoms with Crippen LogP contribution in [-0.4, -0.2) is 21.4 Å². The Kier molecular flexibility index (Phi) is 3.30. The summed E-state index contributed by atoms with van der Waals surface area (Å²) in [7, 11) is 0. The first kappa shape index (κ1) is 16.2. The van der Waals surface area contributed by atoms with E-state index in [2.05, 4.69) is 6.08 Å². The Balaban J connectivity index is 1.77. The highest BCUT2D eigenvalue weighted by Gasteiger charge is 2.45. The van der Waals surface area contributed by atoms with Crippen LogP contribution in [-0.2, 0) is 28.3 Å². The van der Waals surface area contributed by atoms with Gasteiger partial charge in [-0.1, -0.05) is 37.3 Å². The van der Waals surface area contributed by atoms with Crippen LogP contribution in [0.25, 0.3) is 6.08 Å². The SMILES string of the molecule is CC[C@@]1(O)C(=O)OCc2c1cc1n(c2=O)CC2C=Cc3ccccc3N=C12. The molecule has 0 fully saturated rings. The number of esters is 1. The average Bonchev–Trinajstić information content (AvgIpc) is 2.91. The third kappa shape index (κ3) is 2.13. The van der Waals surface area contributed by atoms with E-state index in [4.69, 9.17) is 9.73 Å². The Morgan fingerprint density at radius 3 is 2.96 bits per heavy atom. The van der Waals surface area contributed by atoms with Crippen molar-refractivity contribution in [2.24, 2.45) is 10.9 Å². The van der Waals surface area contributed by atoms with Crippen molar-refractivity contribution >= 4 is 23.4 Å². The number of aliphatic imine (C=N–C) groups is 1. The first-order valence-corrected chi connectivity index (χ1v) is 9.06. The number of aromatic nitrogens is 1. The monoisotopic (exact) mass is 362 g/mol. The minimum Gasteiger partial charge on any atom is -0.458 e. The molecule has 1 aromatic heterocycles. The van der Waals surface area contributed by atoms with Crippen LogP contribution in [0.1, 0.15) is 35.7 Å². The maximum absolute atomic E-state index is 13.1. The van der Waals surface area contributed by atoms with E-state index in [1.807, 2.05) is 30.3 Å². The van der Waals surface area contributed by atoms with Gasteiger partial charge in [-0.2, -0.15) is 0 Å². The lowest BCUT2D eigenvalue weighted by molar-refractivity contribution is -0.172. The predicted molar refractivity (Wildman–Crippen MR) is 99.8 cm³/mol. The summed E-state index contributed by atoms with van der Waals surface area (Å²) in [4.78, 5) is 30.1. The molecule has 1 unspecified atom stereocenters. The number of ether oxygens (including phenoxy) is 1. The molecule has 3 aliphatic rings. The number of para-hydroxylation sites is 1. The van der Waals surface area contributed by atoms with Crippen molar-refractivity contribution in [2.75, 3.05) is 0 Å². The molecule has 1 N–H and O–H groups in total. The molecule has 2 atom stereocenters. The summed E-state index contributed by atoms with van der Waals surface area (Å²) in [6.07, 6.45) is 4.23. The number of pyridine rings is 1. The van der Waals surface area contributed by atoms with Gasteiger partial charge in [-0.3, -0.25) is 4.79 Å². The average molecular weight is 362 g/mol. The number of carbonyl (C=O) groups excluding carboxylic acids is 1. The van der Waals surface area contributed by atoms with Crippen LogP contribution in [0, 0.1) is 5.92 Å². The number of hydrogen-bond donors (Lipinski definition) is 1. The van der Waals surface area contributed by atoms with Gasteiger partial charge in [-0.15, -0.1) is 0 Å². The zero-order chi connectivity index (χ0) is 18.8. The molecule has 0 saturated heterocycles. The molecule has 6 heteroatoms. The lowest BCUT2D eigenvalue weighted by Gasteiger charge is -2.31. The fraction of sp³-hybridized carbons (Fsp3) is 0.286. The standard InChI is InChI=1S/C21H18N2O4/c1-2-21(26)15-9-17-18-13(8-7-12-5-3-4-6-16(12)22-18)10-23(17)19(24)14(15)11-27-20(21)25/h3-9,13,26H,2,10-11H2,1H3/t13?,21-/m0/s1. The third-order valence-corrected chi connectivity index (χ3v) is 5.72. The Bertz CT molecular complexity index is 1110. The molecule has 0 radical (unpaired) electrons. The fourth-order valence-electron chi connectivity index (χ4n) is 4.14. The smallest absolute Gasteiger partial charge is 0.343 e. The summed E-state index contributed by atoms with van der Waals surface area (Å²) >= 11 is 0. The molecule has 0 bridgehead atoms. The number of rotatable bonds is 1. The van der Waals surface area contributed by atoms with Gasteiger partial charge in [0, 0.05) is 18.0 Å². The van der Waals surface area contributed by atoms with Gasteiger partial charge >= 0.3 is 5.97 Å². The van der Waals surface area contributed by atoms with Crippen LogP contribution in [0.3, 0.4) is 0 Å². The third-order valence-electron chi connectivity index (χ3n) is 5.72. The van der Waals surface area contributed by atoms with Gasteiger partial charge in [0.2, 0.25) is 0 Å². The first-order valence-electron chi connectivity index (χ1n) is 9.06. The molecule has 6 nitrogen and oxygen atoms in total. The normalized spacial score (nSPS) is 24.9. The summed E-state index contributed by atoms with van der Waals surface area (Å²) in [5.41, 5.74) is 2.00. The van der Waals surface area contributed by atoms with E-state index in [9.17, 15) is 14.7 Å². The number of carbonyl (C=O) groups is 1. The lowest BCUT2D eigenvalue weighted by Crippen LogP contribution is -2.44. The summed E-state index contributed by atoms with van der Waals surface area (Å²) in [5, 5.41) is 10.9. The molecule has 0 spiro atoms. The van der Waals surface area contributed by atoms with Crippen LogP contribution in [0.2, 0.25) is 0 Å². The van der Waals surface area contributed by atoms with Crippen molar-refractivity contribution in [3.63, 3.8) is 0 Å². The minimum absolute atomic E-state index is 0.0275. The maximum Gasteiger partial charge on any atom is 0.343 e. The summed E-state index contributed by atoms with van der Waals surface area (Å²) < 4.78 is 6.77. The van der Waals surface area contributed by atoms with Crippen LogP contribution in [0.15, 0.2) is 46.2 Å². The van der Waals surface area contributed by atoms with Crippen molar-refractivity contribution in [2.45, 2.75) is 32.1 Å². The Hall–Kier alpha value is -2.99. The van der Waals surface area contributed by atoms with Gasteiger partial charge in [-0.25, -0.2) is 9.79 Å². The molecular weight excluding hydrogens is 344 g/mol. The molecular formula is C21H18N2O4. The van der Waals surface area contributed by atoms with Crippen molar-refractivity contribution in [1.29, 1.82) is 0 Å². The molecule has 4 heterocycles. The summed E-state index contributed by atoms with van der Waals surface area (Å²) in [5.74, 6) is -0.732. The van der Waals surface area contributed by atoms with Gasteiger partial charge in [0.25, 0.3) is 5.56 Å². The Morgan fingerprint density at radius 2 is 2.15 bits per heavy atom. The number of benzene rings is 1. The number of nitrogens with zero attached hydrogens (tertiary/aromatic N) is 2. The molecule has 0 amide bonds. The van der Waals surface area contributed by atoms with Crippen molar-refractivity contribution < 1.29 is 14.6 Å². The molecule has 1 aromatic carbocycles. The zero-order valence-electron chi connectivity index (χ0n) is 14.8. The highest BCUT2D eigenvalue weighted by atomic mass is 16.6. The number of aliphatic hydroxyl groups is 1. The second-order valence-electron chi connectivity index (χ2n) is 7.15. The van der Waals surface area contributed by atoms with Crippen LogP contribution < -0.4 is 5.56 Å². The van der Waals surface area contributed by atoms with E-state index in [-0.39, 0.29) is 24.5 Å². The van der Waals surface area contributed by atoms with Gasteiger partial charge in [-0.05, 0) is 24.1 Å². The van der Waals surface area contributed by atoms with Gasteiger partial charge in [0.15, 0.2) is 5.60 Å². The molecule has 0 aliphatic carbocycles. The van der Waals surface area contributed by atoms with E-state index in [0.29, 0.717) is 23.4 Å². The zero-order valence-corrected chi connectivity index (χ0v) is 14.8. The van der Waals surface area contributed by atoms with Gasteiger partial charge in [0.05, 0.1) is 22.7 Å². The van der Waals surface area contributed by atoms with E-state index in [0.717, 1.165) is 17.0 Å². The molecule has 0 saturated carbocycles. The number of hydrogen-bond acceptors (Lipinski definition) is 5. The largest absolute Gasteiger partial charge is 0.458 e. The van der Waals surface area contributed by atoms with Crippen molar-refractivity contribution in [3.05, 3.63) is 69.1 Å². The maximum atomic E-state index is 13.1. The molecule has 5 rings (SSSR count). The highest BCUT2D eigenvalue weighted by Crippen LogP contribution is 2.37. The lowest BCUT2D eigenvalue weighted by atomic mass is 9.86. The Labute approximate surface area is 155 Å². The summed E-state index contributed by atoms with van der Waals surface area (Å²) in [6.45, 7) is 2.08. The first-order chi connectivity index (χ1) is 13.0. The molecule has 136 valence electrons. The van der Waals surface area contributed by atoms with Crippen molar-refractivity contribution in [1.82, 2.24) is 4.57 Å². The number of cyclic esters (lactones) is 1. The van der Waals surface area contributed by atoms with Crippen LogP contribution in [0.4, 0.5) is 5.69 Å². The minimum atomic E-state index is -1.79. The van der Waals surface area contributed by atoms with Gasteiger partial charge < -0.3 is 14.4 Å². The quantitative estimate of drug-likeness (QED) is 0.789. The van der Waals surface area contributed by atoms with E-state index < -0.39 is 11.6 Å². The molecule has 27 heavy (non-hydrogen) atoms. The number of fused-ring (bicyclic) bond motifs is 5. The number of allylic oxidation sites excluding steroid dienone is 1. The fourth-order valence-corrected chi connectivity index (χ4v) is 4.14. The Morgan fingerprint density at radius 1 is 1.33 bits per heavy atom. The topological polar surface area (TPSA) is 80.9 Å². The van der Waals surface area contributed by atoms with E-state index >= 15 is 0 Å². The second kappa shape index (κ2) is 5.50. The van der Waals surface area contributed by atoms with E-state index in [1.54, 1.807) is 17.6 Å². The summed E-state index contributed by atoms with van der Waals surface area (Å²) in [6, 6.07) is 9.59. The second-order valence-corrected chi connectivity index (χ2v) is 7.15. The van der Waals surface area contributed by atoms with Crippen LogP contribution in [0.5, 0.6) is 0 Å². The molecule has 2 aromatic rings. The van der Waals surface area contributed by atoms with Gasteiger partial charge in [0.1, 0.15) is 6.61 Å².